The number of H-pyrrole nitrogens is 1. The molecule has 0 unspecified atom stereocenters. The van der Waals surface area contributed by atoms with E-state index < -0.39 is 10.8 Å². The van der Waals surface area contributed by atoms with Crippen molar-refractivity contribution >= 4 is 11.8 Å². The summed E-state index contributed by atoms with van der Waals surface area (Å²) >= 11 is 0. The fourth-order valence-corrected chi connectivity index (χ4v) is 2.83. The molecule has 0 bridgehead atoms. The normalized spacial score (nSPS) is 12.1. The Morgan fingerprint density at radius 2 is 1.72 bits per heavy atom. The second-order valence-electron chi connectivity index (χ2n) is 9.23. The fourth-order valence-electron chi connectivity index (χ4n) is 2.83. The number of aryl methyl sites for hydroxylation is 1. The lowest BCUT2D eigenvalue weighted by Gasteiger charge is -2.23. The summed E-state index contributed by atoms with van der Waals surface area (Å²) in [6.07, 6.45) is 5.12. The second-order valence-corrected chi connectivity index (χ2v) is 9.23. The Morgan fingerprint density at radius 3 is 2.34 bits per heavy atom. The molecule has 2 heterocycles. The van der Waals surface area contributed by atoms with Crippen LogP contribution in [0.25, 0.3) is 0 Å². The van der Waals surface area contributed by atoms with E-state index in [1.807, 2.05) is 53.8 Å². The lowest BCUT2D eigenvalue weighted by atomic mass is 9.92. The number of amides is 2. The number of aromatic amines is 1. The van der Waals surface area contributed by atoms with Gasteiger partial charge in [0, 0.05) is 36.8 Å². The summed E-state index contributed by atoms with van der Waals surface area (Å²) in [5, 5.41) is 17.4. The lowest BCUT2D eigenvalue weighted by Crippen LogP contribution is -2.40. The van der Waals surface area contributed by atoms with Crippen molar-refractivity contribution in [3.8, 4) is 0 Å². The van der Waals surface area contributed by atoms with Crippen LogP contribution in [-0.4, -0.2) is 44.9 Å². The molecule has 0 saturated heterocycles. The summed E-state index contributed by atoms with van der Waals surface area (Å²) < 4.78 is 1.79. The van der Waals surface area contributed by atoms with Gasteiger partial charge in [0.1, 0.15) is 0 Å². The van der Waals surface area contributed by atoms with Gasteiger partial charge in [0.2, 0.25) is 11.8 Å². The average Bonchev–Trinajstić information content (AvgIpc) is 3.22. The van der Waals surface area contributed by atoms with Gasteiger partial charge in [0.25, 0.3) is 0 Å². The van der Waals surface area contributed by atoms with Gasteiger partial charge in [-0.05, 0) is 38.8 Å². The van der Waals surface area contributed by atoms with Gasteiger partial charge in [0.05, 0.1) is 23.9 Å². The first-order chi connectivity index (χ1) is 13.5. The van der Waals surface area contributed by atoms with E-state index in [9.17, 15) is 9.59 Å². The third-order valence-corrected chi connectivity index (χ3v) is 4.66. The molecule has 8 heteroatoms. The highest BCUT2D eigenvalue weighted by Gasteiger charge is 2.28. The molecule has 0 spiro atoms. The van der Waals surface area contributed by atoms with Crippen LogP contribution in [0, 0.1) is 17.8 Å². The highest BCUT2D eigenvalue weighted by Crippen LogP contribution is 2.18. The number of hydrogen-bond donors (Lipinski definition) is 3. The minimum absolute atomic E-state index is 0.0146. The molecular weight excluding hydrogens is 368 g/mol. The van der Waals surface area contributed by atoms with Crippen molar-refractivity contribution in [3.63, 3.8) is 0 Å². The molecule has 0 aliphatic carbocycles. The van der Waals surface area contributed by atoms with Crippen molar-refractivity contribution < 1.29 is 9.59 Å². The minimum atomic E-state index is -0.592. The van der Waals surface area contributed by atoms with Crippen molar-refractivity contribution in [1.29, 1.82) is 0 Å². The molecule has 160 valence electrons. The van der Waals surface area contributed by atoms with Crippen LogP contribution in [0.1, 0.15) is 51.6 Å². The molecule has 2 aromatic heterocycles. The van der Waals surface area contributed by atoms with Crippen LogP contribution in [0.15, 0.2) is 18.5 Å². The monoisotopic (exact) mass is 402 g/mol. The molecule has 2 amide bonds. The molecule has 8 nitrogen and oxygen atoms in total. The number of rotatable bonds is 9. The van der Waals surface area contributed by atoms with Crippen LogP contribution in [0.4, 0.5) is 0 Å². The summed E-state index contributed by atoms with van der Waals surface area (Å²) in [5.74, 6) is 0.0203. The van der Waals surface area contributed by atoms with E-state index in [-0.39, 0.29) is 11.8 Å². The van der Waals surface area contributed by atoms with E-state index in [0.717, 1.165) is 17.0 Å². The average molecular weight is 403 g/mol. The molecule has 0 atom stereocenters. The summed E-state index contributed by atoms with van der Waals surface area (Å²) in [4.78, 5) is 24.5. The summed E-state index contributed by atoms with van der Waals surface area (Å²) in [6.45, 7) is 13.0. The van der Waals surface area contributed by atoms with Gasteiger partial charge in [-0.15, -0.1) is 0 Å². The Morgan fingerprint density at radius 1 is 1.07 bits per heavy atom. The van der Waals surface area contributed by atoms with Gasteiger partial charge in [-0.1, -0.05) is 20.8 Å². The first-order valence-electron chi connectivity index (χ1n) is 10.1. The van der Waals surface area contributed by atoms with E-state index in [4.69, 9.17) is 0 Å². The fraction of sp³-hybridized carbons (Fsp3) is 0.619. The molecule has 0 saturated carbocycles. The van der Waals surface area contributed by atoms with Gasteiger partial charge < -0.3 is 10.6 Å². The minimum Gasteiger partial charge on any atom is -0.355 e. The van der Waals surface area contributed by atoms with Crippen LogP contribution >= 0.6 is 0 Å². The highest BCUT2D eigenvalue weighted by molar-refractivity contribution is 5.81. The maximum Gasteiger partial charge on any atom is 0.227 e. The molecule has 0 aliphatic rings. The molecule has 0 aromatic carbocycles. The van der Waals surface area contributed by atoms with E-state index in [1.54, 1.807) is 10.9 Å². The predicted molar refractivity (Wildman–Crippen MR) is 112 cm³/mol. The van der Waals surface area contributed by atoms with Crippen molar-refractivity contribution in [2.45, 2.75) is 60.9 Å². The number of aromatic nitrogens is 4. The number of carbonyl (C=O) groups is 2. The summed E-state index contributed by atoms with van der Waals surface area (Å²) in [7, 11) is 0. The maximum atomic E-state index is 12.6. The van der Waals surface area contributed by atoms with Crippen LogP contribution in [0.2, 0.25) is 0 Å². The molecule has 3 N–H and O–H groups in total. The van der Waals surface area contributed by atoms with Gasteiger partial charge in [-0.2, -0.15) is 10.2 Å². The Hall–Kier alpha value is -2.64. The van der Waals surface area contributed by atoms with Crippen molar-refractivity contribution in [2.24, 2.45) is 10.8 Å². The Kier molecular flexibility index (Phi) is 7.21. The zero-order valence-electron chi connectivity index (χ0n) is 18.4. The smallest absolute Gasteiger partial charge is 0.227 e. The maximum absolute atomic E-state index is 12.6. The van der Waals surface area contributed by atoms with E-state index >= 15 is 0 Å². The number of carbonyl (C=O) groups excluding carboxylic acids is 2. The van der Waals surface area contributed by atoms with Gasteiger partial charge >= 0.3 is 0 Å². The predicted octanol–water partition coefficient (Wildman–Crippen LogP) is 2.00. The molecule has 2 aromatic rings. The van der Waals surface area contributed by atoms with Crippen LogP contribution in [-0.2, 0) is 29.0 Å². The van der Waals surface area contributed by atoms with Crippen molar-refractivity contribution in [1.82, 2.24) is 30.6 Å². The standard InChI is InChI=1S/C21H34N6O2/c1-15-11-17(26-25-15)8-10-23-19(29)21(5,6)14-27-13-16(12-24-27)7-9-22-18(28)20(2,3)4/h11-13H,7-10,14H2,1-6H3,(H,22,28)(H,23,29)(H,25,26). The highest BCUT2D eigenvalue weighted by atomic mass is 16.2. The zero-order chi connectivity index (χ0) is 21.7. The zero-order valence-corrected chi connectivity index (χ0v) is 18.4. The first kappa shape index (κ1) is 22.6. The van der Waals surface area contributed by atoms with E-state index in [2.05, 4.69) is 25.9 Å². The molecule has 0 aliphatic heterocycles. The first-order valence-corrected chi connectivity index (χ1v) is 10.1. The van der Waals surface area contributed by atoms with Gasteiger partial charge in [0.15, 0.2) is 0 Å². The Balaban J connectivity index is 1.78. The number of hydrogen-bond acceptors (Lipinski definition) is 4. The Bertz CT molecular complexity index is 828. The topological polar surface area (TPSA) is 105 Å². The number of nitrogens with zero attached hydrogens (tertiary/aromatic N) is 3. The van der Waals surface area contributed by atoms with Gasteiger partial charge in [-0.3, -0.25) is 19.4 Å². The number of nitrogens with one attached hydrogen (secondary N) is 3. The third-order valence-electron chi connectivity index (χ3n) is 4.66. The van der Waals surface area contributed by atoms with E-state index in [0.29, 0.717) is 32.5 Å². The molecule has 0 radical (unpaired) electrons. The van der Waals surface area contributed by atoms with Crippen molar-refractivity contribution in [3.05, 3.63) is 35.4 Å². The molecule has 29 heavy (non-hydrogen) atoms. The summed E-state index contributed by atoms with van der Waals surface area (Å²) in [5.41, 5.74) is 2.00. The second kappa shape index (κ2) is 9.24. The molecule has 0 fully saturated rings. The Labute approximate surface area is 172 Å². The van der Waals surface area contributed by atoms with Crippen molar-refractivity contribution in [2.75, 3.05) is 13.1 Å². The molecular formula is C21H34N6O2. The van der Waals surface area contributed by atoms with Crippen LogP contribution in [0.5, 0.6) is 0 Å². The quantitative estimate of drug-likeness (QED) is 0.597. The van der Waals surface area contributed by atoms with Gasteiger partial charge in [-0.25, -0.2) is 0 Å². The largest absolute Gasteiger partial charge is 0.355 e. The van der Waals surface area contributed by atoms with Crippen LogP contribution < -0.4 is 10.6 Å². The third kappa shape index (κ3) is 7.03. The van der Waals surface area contributed by atoms with E-state index in [1.165, 1.54) is 0 Å². The van der Waals surface area contributed by atoms with Crippen LogP contribution in [0.3, 0.4) is 0 Å². The summed E-state index contributed by atoms with van der Waals surface area (Å²) in [6, 6.07) is 1.98. The SMILES string of the molecule is Cc1cc(CCNC(=O)C(C)(C)Cn2cc(CCNC(=O)C(C)(C)C)cn2)n[nH]1. The lowest BCUT2D eigenvalue weighted by molar-refractivity contribution is -0.130. The molecule has 2 rings (SSSR count).